The number of rotatable bonds is 2. The Bertz CT molecular complexity index is 457. The number of piperidine rings is 1. The number of carbonyl (C=O) groups is 2. The second-order valence-electron chi connectivity index (χ2n) is 4.35. The first-order chi connectivity index (χ1) is 8.61. The lowest BCUT2D eigenvalue weighted by molar-refractivity contribution is -0.126. The standard InChI is InChI=1S/C11H16N4O3/c1-7-13-9(6-18-7)11(17)15-4-2-3-8(5-15)10(16)14-12/h6,8H,2-5,12H2,1H3,(H,14,16)/t8-/m0/s1. The molecule has 1 aromatic heterocycles. The molecular formula is C11H16N4O3. The Kier molecular flexibility index (Phi) is 3.61. The van der Waals surface area contributed by atoms with Gasteiger partial charge < -0.3 is 9.32 Å². The average Bonchev–Trinajstić information content (AvgIpc) is 2.83. The minimum atomic E-state index is -0.249. The van der Waals surface area contributed by atoms with Crippen LogP contribution in [0.1, 0.15) is 29.2 Å². The van der Waals surface area contributed by atoms with Crippen molar-refractivity contribution in [3.63, 3.8) is 0 Å². The van der Waals surface area contributed by atoms with Crippen LogP contribution in [0.3, 0.4) is 0 Å². The Morgan fingerprint density at radius 3 is 3.00 bits per heavy atom. The number of hydrazine groups is 1. The molecule has 7 nitrogen and oxygen atoms in total. The van der Waals surface area contributed by atoms with Crippen LogP contribution >= 0.6 is 0 Å². The summed E-state index contributed by atoms with van der Waals surface area (Å²) < 4.78 is 5.01. The van der Waals surface area contributed by atoms with E-state index in [1.165, 1.54) is 6.26 Å². The fraction of sp³-hybridized carbons (Fsp3) is 0.545. The Balaban J connectivity index is 2.05. The molecule has 98 valence electrons. The van der Waals surface area contributed by atoms with Crippen LogP contribution in [-0.2, 0) is 4.79 Å². The van der Waals surface area contributed by atoms with Crippen molar-refractivity contribution in [2.24, 2.45) is 11.8 Å². The molecular weight excluding hydrogens is 236 g/mol. The maximum absolute atomic E-state index is 12.1. The van der Waals surface area contributed by atoms with Crippen molar-refractivity contribution < 1.29 is 14.0 Å². The van der Waals surface area contributed by atoms with Crippen LogP contribution in [0.15, 0.2) is 10.7 Å². The van der Waals surface area contributed by atoms with Gasteiger partial charge in [-0.25, -0.2) is 10.8 Å². The van der Waals surface area contributed by atoms with Crippen molar-refractivity contribution in [1.82, 2.24) is 15.3 Å². The van der Waals surface area contributed by atoms with Gasteiger partial charge in [0, 0.05) is 20.0 Å². The lowest BCUT2D eigenvalue weighted by Crippen LogP contribution is -2.47. The third-order valence-electron chi connectivity index (χ3n) is 3.06. The van der Waals surface area contributed by atoms with Gasteiger partial charge in [-0.3, -0.25) is 15.0 Å². The average molecular weight is 252 g/mol. The van der Waals surface area contributed by atoms with Crippen molar-refractivity contribution in [3.8, 4) is 0 Å². The number of nitrogens with two attached hydrogens (primary N) is 1. The van der Waals surface area contributed by atoms with E-state index in [-0.39, 0.29) is 23.4 Å². The highest BCUT2D eigenvalue weighted by molar-refractivity contribution is 5.92. The van der Waals surface area contributed by atoms with Crippen molar-refractivity contribution >= 4 is 11.8 Å². The molecule has 1 aromatic rings. The van der Waals surface area contributed by atoms with E-state index in [0.29, 0.717) is 19.0 Å². The van der Waals surface area contributed by atoms with Gasteiger partial charge >= 0.3 is 0 Å². The largest absolute Gasteiger partial charge is 0.448 e. The van der Waals surface area contributed by atoms with Gasteiger partial charge in [0.15, 0.2) is 11.6 Å². The fourth-order valence-corrected chi connectivity index (χ4v) is 2.12. The molecule has 1 aliphatic heterocycles. The summed E-state index contributed by atoms with van der Waals surface area (Å²) in [6.45, 7) is 2.67. The lowest BCUT2D eigenvalue weighted by Gasteiger charge is -2.31. The maximum atomic E-state index is 12.1. The molecule has 0 aliphatic carbocycles. The maximum Gasteiger partial charge on any atom is 0.275 e. The smallest absolute Gasteiger partial charge is 0.275 e. The summed E-state index contributed by atoms with van der Waals surface area (Å²) in [6, 6.07) is 0. The molecule has 1 atom stereocenters. The molecule has 3 N–H and O–H groups in total. The number of nitrogens with zero attached hydrogens (tertiary/aromatic N) is 2. The zero-order valence-corrected chi connectivity index (χ0v) is 10.2. The predicted octanol–water partition coefficient (Wildman–Crippen LogP) is -0.175. The van der Waals surface area contributed by atoms with Gasteiger partial charge in [-0.15, -0.1) is 0 Å². The minimum Gasteiger partial charge on any atom is -0.448 e. The molecule has 0 unspecified atom stereocenters. The van der Waals surface area contributed by atoms with Gasteiger partial charge in [0.25, 0.3) is 5.91 Å². The van der Waals surface area contributed by atoms with Crippen LogP contribution in [-0.4, -0.2) is 34.8 Å². The van der Waals surface area contributed by atoms with Crippen LogP contribution in [0, 0.1) is 12.8 Å². The third-order valence-corrected chi connectivity index (χ3v) is 3.06. The highest BCUT2D eigenvalue weighted by Crippen LogP contribution is 2.18. The molecule has 2 rings (SSSR count). The number of hydrogen-bond acceptors (Lipinski definition) is 5. The summed E-state index contributed by atoms with van der Waals surface area (Å²) in [7, 11) is 0. The van der Waals surface area contributed by atoms with E-state index in [1.54, 1.807) is 11.8 Å². The number of oxazole rings is 1. The minimum absolute atomic E-state index is 0.207. The van der Waals surface area contributed by atoms with Gasteiger partial charge in [-0.2, -0.15) is 0 Å². The molecule has 2 heterocycles. The molecule has 0 spiro atoms. The summed E-state index contributed by atoms with van der Waals surface area (Å²) in [4.78, 5) is 29.2. The quantitative estimate of drug-likeness (QED) is 0.432. The number of likely N-dealkylation sites (tertiary alicyclic amines) is 1. The van der Waals surface area contributed by atoms with E-state index < -0.39 is 0 Å². The molecule has 1 saturated heterocycles. The number of carbonyl (C=O) groups excluding carboxylic acids is 2. The van der Waals surface area contributed by atoms with E-state index in [0.717, 1.165) is 12.8 Å². The highest BCUT2D eigenvalue weighted by atomic mass is 16.3. The first-order valence-electron chi connectivity index (χ1n) is 5.83. The van der Waals surface area contributed by atoms with Gasteiger partial charge in [-0.05, 0) is 12.8 Å². The number of aromatic nitrogens is 1. The molecule has 18 heavy (non-hydrogen) atoms. The zero-order valence-electron chi connectivity index (χ0n) is 10.2. The van der Waals surface area contributed by atoms with Crippen LogP contribution in [0.2, 0.25) is 0 Å². The number of amides is 2. The van der Waals surface area contributed by atoms with Gasteiger partial charge in [0.05, 0.1) is 5.92 Å². The normalized spacial score (nSPS) is 19.7. The van der Waals surface area contributed by atoms with Crippen LogP contribution in [0.4, 0.5) is 0 Å². The van der Waals surface area contributed by atoms with Crippen molar-refractivity contribution in [1.29, 1.82) is 0 Å². The zero-order chi connectivity index (χ0) is 13.1. The number of hydrogen-bond donors (Lipinski definition) is 2. The van der Waals surface area contributed by atoms with Gasteiger partial charge in [0.1, 0.15) is 6.26 Å². The molecule has 2 amide bonds. The Morgan fingerprint density at radius 1 is 1.61 bits per heavy atom. The summed E-state index contributed by atoms with van der Waals surface area (Å²) in [5, 5.41) is 0. The second kappa shape index (κ2) is 5.18. The van der Waals surface area contributed by atoms with Gasteiger partial charge in [-0.1, -0.05) is 0 Å². The number of nitrogens with one attached hydrogen (secondary N) is 1. The molecule has 0 saturated carbocycles. The van der Waals surface area contributed by atoms with E-state index in [2.05, 4.69) is 10.4 Å². The summed E-state index contributed by atoms with van der Waals surface area (Å²) in [6.07, 6.45) is 2.86. The van der Waals surface area contributed by atoms with E-state index in [1.807, 2.05) is 0 Å². The van der Waals surface area contributed by atoms with Crippen LogP contribution in [0.5, 0.6) is 0 Å². The molecule has 0 radical (unpaired) electrons. The Hall–Kier alpha value is -1.89. The molecule has 1 aliphatic rings. The first-order valence-corrected chi connectivity index (χ1v) is 5.83. The third kappa shape index (κ3) is 2.51. The number of aryl methyl sites for hydroxylation is 1. The van der Waals surface area contributed by atoms with Gasteiger partial charge in [0.2, 0.25) is 5.91 Å². The SMILES string of the molecule is Cc1nc(C(=O)N2CCC[C@H](C(=O)NN)C2)co1. The highest BCUT2D eigenvalue weighted by Gasteiger charge is 2.29. The monoisotopic (exact) mass is 252 g/mol. The molecule has 1 fully saturated rings. The Morgan fingerprint density at radius 2 is 2.39 bits per heavy atom. The van der Waals surface area contributed by atoms with Crippen molar-refractivity contribution in [2.75, 3.05) is 13.1 Å². The predicted molar refractivity (Wildman–Crippen MR) is 62.2 cm³/mol. The Labute approximate surface area is 104 Å². The summed E-state index contributed by atoms with van der Waals surface area (Å²) >= 11 is 0. The van der Waals surface area contributed by atoms with Crippen LogP contribution < -0.4 is 11.3 Å². The summed E-state index contributed by atoms with van der Waals surface area (Å²) in [5.74, 6) is 4.87. The second-order valence-corrected chi connectivity index (χ2v) is 4.35. The fourth-order valence-electron chi connectivity index (χ4n) is 2.12. The first kappa shape index (κ1) is 12.6. The molecule has 0 aromatic carbocycles. The molecule has 0 bridgehead atoms. The molecule has 7 heteroatoms. The topological polar surface area (TPSA) is 101 Å². The summed E-state index contributed by atoms with van der Waals surface area (Å²) in [5.41, 5.74) is 2.41. The van der Waals surface area contributed by atoms with E-state index >= 15 is 0 Å². The van der Waals surface area contributed by atoms with Crippen molar-refractivity contribution in [3.05, 3.63) is 17.8 Å². The van der Waals surface area contributed by atoms with E-state index in [9.17, 15) is 9.59 Å². The van der Waals surface area contributed by atoms with E-state index in [4.69, 9.17) is 10.3 Å². The van der Waals surface area contributed by atoms with Crippen LogP contribution in [0.25, 0.3) is 0 Å². The van der Waals surface area contributed by atoms with Crippen molar-refractivity contribution in [2.45, 2.75) is 19.8 Å². The lowest BCUT2D eigenvalue weighted by atomic mass is 9.97.